The topological polar surface area (TPSA) is 59.5 Å². The van der Waals surface area contributed by atoms with Crippen molar-refractivity contribution in [2.24, 2.45) is 0 Å². The maximum Gasteiger partial charge on any atom is 0.131 e. The van der Waals surface area contributed by atoms with E-state index in [1.54, 1.807) is 11.3 Å². The molecule has 2 aromatic heterocycles. The highest BCUT2D eigenvalue weighted by Gasteiger charge is 2.11. The molecule has 0 amide bonds. The second-order valence-corrected chi connectivity index (χ2v) is 7.36. The maximum atomic E-state index is 5.74. The van der Waals surface area contributed by atoms with Gasteiger partial charge < -0.3 is 19.7 Å². The molecule has 0 spiro atoms. The summed E-state index contributed by atoms with van der Waals surface area (Å²) in [6, 6.07) is 12.4. The van der Waals surface area contributed by atoms with Crippen molar-refractivity contribution in [3.05, 3.63) is 70.3 Å². The first-order valence-corrected chi connectivity index (χ1v) is 10.4. The highest BCUT2D eigenvalue weighted by molar-refractivity contribution is 7.07. The van der Waals surface area contributed by atoms with Crippen LogP contribution in [0, 0.1) is 0 Å². The first kappa shape index (κ1) is 18.9. The van der Waals surface area contributed by atoms with Gasteiger partial charge in [0.25, 0.3) is 0 Å². The molecule has 4 rings (SSSR count). The highest BCUT2D eigenvalue weighted by Crippen LogP contribution is 2.15. The van der Waals surface area contributed by atoms with E-state index in [9.17, 15) is 0 Å². The Bertz CT molecular complexity index is 832. The van der Waals surface area contributed by atoms with Gasteiger partial charge in [0.1, 0.15) is 18.2 Å². The average Bonchev–Trinajstić information content (AvgIpc) is 3.28. The Morgan fingerprint density at radius 1 is 1.00 bits per heavy atom. The molecule has 1 aromatic carbocycles. The Hall–Kier alpha value is -2.48. The van der Waals surface area contributed by atoms with Gasteiger partial charge in [-0.05, 0) is 29.3 Å². The highest BCUT2D eigenvalue weighted by atomic mass is 32.1. The van der Waals surface area contributed by atoms with E-state index >= 15 is 0 Å². The van der Waals surface area contributed by atoms with Crippen molar-refractivity contribution in [3.8, 4) is 5.75 Å². The fourth-order valence-electron chi connectivity index (χ4n) is 3.02. The summed E-state index contributed by atoms with van der Waals surface area (Å²) < 4.78 is 11.1. The van der Waals surface area contributed by atoms with E-state index < -0.39 is 0 Å². The van der Waals surface area contributed by atoms with E-state index in [1.807, 2.05) is 29.2 Å². The van der Waals surface area contributed by atoms with Crippen molar-refractivity contribution in [2.45, 2.75) is 19.7 Å². The summed E-state index contributed by atoms with van der Waals surface area (Å²) in [4.78, 5) is 11.1. The maximum absolute atomic E-state index is 5.74. The number of nitrogens with zero attached hydrogens (tertiary/aromatic N) is 3. The van der Waals surface area contributed by atoms with Gasteiger partial charge in [-0.2, -0.15) is 0 Å². The minimum Gasteiger partial charge on any atom is -0.487 e. The lowest BCUT2D eigenvalue weighted by Crippen LogP contribution is -2.36. The standard InChI is InChI=1S/C21H24N4O2S/c1-4-20(27-14-19-15-28-16-24-19)5-2-17(1)11-22-12-18-3-6-21(23-13-18)25-7-9-26-10-8-25/h1-6,13,15-16,22H,7-12,14H2. The third-order valence-corrected chi connectivity index (χ3v) is 5.23. The predicted molar refractivity (Wildman–Crippen MR) is 111 cm³/mol. The molecule has 3 aromatic rings. The molecule has 6 nitrogen and oxygen atoms in total. The Morgan fingerprint density at radius 3 is 2.50 bits per heavy atom. The number of aromatic nitrogens is 2. The zero-order chi connectivity index (χ0) is 19.0. The largest absolute Gasteiger partial charge is 0.487 e. The molecule has 1 aliphatic heterocycles. The normalized spacial score (nSPS) is 14.2. The number of anilines is 1. The van der Waals surface area contributed by atoms with Crippen molar-refractivity contribution < 1.29 is 9.47 Å². The van der Waals surface area contributed by atoms with Crippen molar-refractivity contribution in [3.63, 3.8) is 0 Å². The SMILES string of the molecule is c1nc(COc2ccc(CNCc3ccc(N4CCOCC4)nc3)cc2)cs1. The molecule has 1 fully saturated rings. The number of nitrogens with one attached hydrogen (secondary N) is 1. The van der Waals surface area contributed by atoms with Gasteiger partial charge in [0.05, 0.1) is 24.4 Å². The first-order valence-electron chi connectivity index (χ1n) is 9.44. The monoisotopic (exact) mass is 396 g/mol. The predicted octanol–water partition coefficient (Wildman–Crippen LogP) is 3.24. The Kier molecular flexibility index (Phi) is 6.49. The Morgan fingerprint density at radius 2 is 1.79 bits per heavy atom. The van der Waals surface area contributed by atoms with Crippen molar-refractivity contribution in [1.29, 1.82) is 0 Å². The molecule has 0 radical (unpaired) electrons. The third-order valence-electron chi connectivity index (χ3n) is 4.60. The molecule has 28 heavy (non-hydrogen) atoms. The summed E-state index contributed by atoms with van der Waals surface area (Å²) in [5.41, 5.74) is 5.18. The van der Waals surface area contributed by atoms with E-state index in [4.69, 9.17) is 9.47 Å². The molecule has 1 N–H and O–H groups in total. The lowest BCUT2D eigenvalue weighted by Gasteiger charge is -2.27. The fraction of sp³-hybridized carbons (Fsp3) is 0.333. The Balaban J connectivity index is 1.21. The number of morpholine rings is 1. The van der Waals surface area contributed by atoms with Crippen LogP contribution in [-0.2, 0) is 24.4 Å². The molecule has 1 saturated heterocycles. The zero-order valence-electron chi connectivity index (χ0n) is 15.7. The van der Waals surface area contributed by atoms with Crippen molar-refractivity contribution in [1.82, 2.24) is 15.3 Å². The van der Waals surface area contributed by atoms with Crippen LogP contribution >= 0.6 is 11.3 Å². The van der Waals surface area contributed by atoms with Crippen LogP contribution in [0.2, 0.25) is 0 Å². The van der Waals surface area contributed by atoms with Crippen LogP contribution in [0.4, 0.5) is 5.82 Å². The van der Waals surface area contributed by atoms with Gasteiger partial charge >= 0.3 is 0 Å². The first-order chi connectivity index (χ1) is 13.9. The molecule has 0 unspecified atom stereocenters. The van der Waals surface area contributed by atoms with Crippen molar-refractivity contribution in [2.75, 3.05) is 31.2 Å². The van der Waals surface area contributed by atoms with Gasteiger partial charge in [-0.1, -0.05) is 18.2 Å². The van der Waals surface area contributed by atoms with E-state index in [2.05, 4.69) is 44.5 Å². The molecule has 0 atom stereocenters. The number of benzene rings is 1. The van der Waals surface area contributed by atoms with Gasteiger partial charge in [0.2, 0.25) is 0 Å². The zero-order valence-corrected chi connectivity index (χ0v) is 16.5. The van der Waals surface area contributed by atoms with Crippen LogP contribution in [-0.4, -0.2) is 36.3 Å². The van der Waals surface area contributed by atoms with Gasteiger partial charge in [0.15, 0.2) is 0 Å². The number of ether oxygens (including phenoxy) is 2. The van der Waals surface area contributed by atoms with Gasteiger partial charge in [0, 0.05) is 37.8 Å². The molecule has 7 heteroatoms. The molecule has 0 bridgehead atoms. The smallest absolute Gasteiger partial charge is 0.131 e. The third kappa shape index (κ3) is 5.28. The molecule has 0 aliphatic carbocycles. The number of hydrogen-bond donors (Lipinski definition) is 1. The van der Waals surface area contributed by atoms with E-state index in [-0.39, 0.29) is 0 Å². The lowest BCUT2D eigenvalue weighted by atomic mass is 10.2. The summed E-state index contributed by atoms with van der Waals surface area (Å²) in [6.07, 6.45) is 1.95. The van der Waals surface area contributed by atoms with E-state index in [0.717, 1.165) is 56.7 Å². The van der Waals surface area contributed by atoms with Gasteiger partial charge in [-0.15, -0.1) is 11.3 Å². The minimum absolute atomic E-state index is 0.508. The van der Waals surface area contributed by atoms with Gasteiger partial charge in [-0.3, -0.25) is 0 Å². The van der Waals surface area contributed by atoms with Crippen LogP contribution in [0.5, 0.6) is 5.75 Å². The Labute approximate surface area is 169 Å². The fourth-order valence-corrected chi connectivity index (χ4v) is 3.56. The summed E-state index contributed by atoms with van der Waals surface area (Å²) in [5.74, 6) is 1.89. The second kappa shape index (κ2) is 9.64. The van der Waals surface area contributed by atoms with Crippen molar-refractivity contribution >= 4 is 17.2 Å². The molecule has 3 heterocycles. The molecule has 1 aliphatic rings. The van der Waals surface area contributed by atoms with Crippen LogP contribution in [0.25, 0.3) is 0 Å². The number of pyridine rings is 1. The van der Waals surface area contributed by atoms with E-state index in [0.29, 0.717) is 6.61 Å². The quantitative estimate of drug-likeness (QED) is 0.631. The van der Waals surface area contributed by atoms with Crippen LogP contribution in [0.15, 0.2) is 53.5 Å². The molecule has 146 valence electrons. The van der Waals surface area contributed by atoms with Crippen LogP contribution in [0.1, 0.15) is 16.8 Å². The van der Waals surface area contributed by atoms with Crippen LogP contribution < -0.4 is 15.0 Å². The van der Waals surface area contributed by atoms with E-state index in [1.165, 1.54) is 11.1 Å². The lowest BCUT2D eigenvalue weighted by molar-refractivity contribution is 0.122. The molecule has 0 saturated carbocycles. The summed E-state index contributed by atoms with van der Waals surface area (Å²) in [7, 11) is 0. The minimum atomic E-state index is 0.508. The summed E-state index contributed by atoms with van der Waals surface area (Å²) >= 11 is 1.58. The average molecular weight is 397 g/mol. The molecular weight excluding hydrogens is 372 g/mol. The van der Waals surface area contributed by atoms with Gasteiger partial charge in [-0.25, -0.2) is 9.97 Å². The number of rotatable bonds is 8. The molecular formula is C21H24N4O2S. The van der Waals surface area contributed by atoms with Crippen LogP contribution in [0.3, 0.4) is 0 Å². The summed E-state index contributed by atoms with van der Waals surface area (Å²) in [6.45, 7) is 5.48. The summed E-state index contributed by atoms with van der Waals surface area (Å²) in [5, 5.41) is 5.47. The number of thiazole rings is 1. The number of hydrogen-bond acceptors (Lipinski definition) is 7. The second-order valence-electron chi connectivity index (χ2n) is 6.64.